The van der Waals surface area contributed by atoms with Gasteiger partial charge in [0, 0.05) is 17.3 Å². The van der Waals surface area contributed by atoms with E-state index in [0.717, 1.165) is 21.5 Å². The predicted molar refractivity (Wildman–Crippen MR) is 113 cm³/mol. The Hall–Kier alpha value is -4.05. The number of nitrogens with zero attached hydrogens (tertiary/aromatic N) is 1. The van der Waals surface area contributed by atoms with Gasteiger partial charge in [0.15, 0.2) is 5.78 Å². The quantitative estimate of drug-likeness (QED) is 0.440. The summed E-state index contributed by atoms with van der Waals surface area (Å²) in [6, 6.07) is 26.7. The minimum Gasteiger partial charge on any atom is -0.288 e. The van der Waals surface area contributed by atoms with E-state index in [1.54, 1.807) is 12.1 Å². The zero-order valence-corrected chi connectivity index (χ0v) is 15.4. The number of benzene rings is 4. The number of ketones is 2. The highest BCUT2D eigenvalue weighted by Gasteiger charge is 2.22. The van der Waals surface area contributed by atoms with Gasteiger partial charge in [0.1, 0.15) is 5.69 Å². The van der Waals surface area contributed by atoms with Crippen molar-refractivity contribution in [3.8, 4) is 0 Å². The molecule has 0 saturated carbocycles. The lowest BCUT2D eigenvalue weighted by Gasteiger charge is -2.05. The van der Waals surface area contributed by atoms with Crippen LogP contribution in [0.3, 0.4) is 0 Å². The van der Waals surface area contributed by atoms with Crippen molar-refractivity contribution in [3.63, 3.8) is 0 Å². The molecule has 5 rings (SSSR count). The van der Waals surface area contributed by atoms with Crippen molar-refractivity contribution in [1.29, 1.82) is 0 Å². The number of nitrogens with one attached hydrogen (secondary N) is 1. The van der Waals surface area contributed by atoms with E-state index in [-0.39, 0.29) is 22.8 Å². The Morgan fingerprint density at radius 1 is 0.621 bits per heavy atom. The van der Waals surface area contributed by atoms with Crippen molar-refractivity contribution in [3.05, 3.63) is 114 Å². The maximum atomic E-state index is 13.1. The van der Waals surface area contributed by atoms with Crippen molar-refractivity contribution in [2.75, 3.05) is 0 Å². The predicted octanol–water partition coefficient (Wildman–Crippen LogP) is 5.18. The van der Waals surface area contributed by atoms with Crippen LogP contribution in [0.15, 0.2) is 91.1 Å². The second-order valence-corrected chi connectivity index (χ2v) is 6.93. The van der Waals surface area contributed by atoms with E-state index < -0.39 is 0 Å². The summed E-state index contributed by atoms with van der Waals surface area (Å²) in [5.74, 6) is -0.505. The minimum absolute atomic E-state index is 0.137. The van der Waals surface area contributed by atoms with E-state index in [0.29, 0.717) is 11.1 Å². The fraction of sp³-hybridized carbons (Fsp3) is 0. The molecule has 4 aromatic carbocycles. The molecule has 0 atom stereocenters. The first-order valence-electron chi connectivity index (χ1n) is 9.31. The van der Waals surface area contributed by atoms with Crippen LogP contribution in [-0.2, 0) is 0 Å². The van der Waals surface area contributed by atoms with E-state index in [4.69, 9.17) is 0 Å². The normalized spacial score (nSPS) is 11.0. The highest BCUT2D eigenvalue weighted by atomic mass is 16.1. The summed E-state index contributed by atoms with van der Waals surface area (Å²) in [7, 11) is 0. The summed E-state index contributed by atoms with van der Waals surface area (Å²) < 4.78 is 0. The summed E-state index contributed by atoms with van der Waals surface area (Å²) in [5, 5.41) is 10.8. The Kier molecular flexibility index (Phi) is 4.03. The summed E-state index contributed by atoms with van der Waals surface area (Å²) >= 11 is 0. The number of hydrogen-bond acceptors (Lipinski definition) is 3. The molecule has 0 radical (unpaired) electrons. The number of aromatic amines is 1. The van der Waals surface area contributed by atoms with Gasteiger partial charge in [-0.2, -0.15) is 5.10 Å². The average molecular weight is 376 g/mol. The first-order valence-corrected chi connectivity index (χ1v) is 9.31. The number of H-pyrrole nitrogens is 1. The molecule has 0 aliphatic heterocycles. The fourth-order valence-electron chi connectivity index (χ4n) is 3.59. The molecule has 0 fully saturated rings. The number of fused-ring (bicyclic) bond motifs is 2. The molecule has 0 aliphatic rings. The number of carbonyl (C=O) groups excluding carboxylic acids is 2. The van der Waals surface area contributed by atoms with Crippen molar-refractivity contribution >= 4 is 33.1 Å². The van der Waals surface area contributed by atoms with Crippen molar-refractivity contribution < 1.29 is 9.59 Å². The largest absolute Gasteiger partial charge is 0.288 e. The van der Waals surface area contributed by atoms with Gasteiger partial charge in [-0.3, -0.25) is 14.7 Å². The van der Waals surface area contributed by atoms with Gasteiger partial charge >= 0.3 is 0 Å². The molecule has 5 aromatic rings. The SMILES string of the molecule is O=C(c1ccc2ccccc2c1)c1c[nH]nc1C(=O)c1ccc2ccccc2c1. The summed E-state index contributed by atoms with van der Waals surface area (Å²) in [5.41, 5.74) is 1.44. The molecule has 0 spiro atoms. The molecule has 1 aromatic heterocycles. The molecule has 0 unspecified atom stereocenters. The highest BCUT2D eigenvalue weighted by molar-refractivity contribution is 6.19. The molecular formula is C25H16N2O2. The van der Waals surface area contributed by atoms with E-state index in [1.165, 1.54) is 6.20 Å². The molecule has 0 amide bonds. The monoisotopic (exact) mass is 376 g/mol. The molecule has 4 heteroatoms. The summed E-state index contributed by atoms with van der Waals surface area (Å²) in [6.07, 6.45) is 1.49. The third-order valence-electron chi connectivity index (χ3n) is 5.12. The van der Waals surface area contributed by atoms with Crippen LogP contribution in [0, 0.1) is 0 Å². The number of rotatable bonds is 4. The Morgan fingerprint density at radius 2 is 1.14 bits per heavy atom. The molecule has 138 valence electrons. The summed E-state index contributed by atoms with van der Waals surface area (Å²) in [4.78, 5) is 26.2. The second-order valence-electron chi connectivity index (χ2n) is 6.93. The third kappa shape index (κ3) is 3.01. The lowest BCUT2D eigenvalue weighted by atomic mass is 9.97. The van der Waals surface area contributed by atoms with Crippen LogP contribution in [0.1, 0.15) is 32.0 Å². The molecule has 29 heavy (non-hydrogen) atoms. The molecule has 1 N–H and O–H groups in total. The van der Waals surface area contributed by atoms with Crippen LogP contribution < -0.4 is 0 Å². The van der Waals surface area contributed by atoms with Gasteiger partial charge in [-0.25, -0.2) is 0 Å². The van der Waals surface area contributed by atoms with Gasteiger partial charge < -0.3 is 0 Å². The van der Waals surface area contributed by atoms with Crippen LogP contribution >= 0.6 is 0 Å². The molecule has 0 aliphatic carbocycles. The lowest BCUT2D eigenvalue weighted by molar-refractivity contribution is 0.100. The first-order chi connectivity index (χ1) is 14.2. The van der Waals surface area contributed by atoms with E-state index in [2.05, 4.69) is 10.2 Å². The second kappa shape index (κ2) is 6.84. The zero-order chi connectivity index (χ0) is 19.8. The smallest absolute Gasteiger partial charge is 0.214 e. The van der Waals surface area contributed by atoms with E-state index in [9.17, 15) is 9.59 Å². The van der Waals surface area contributed by atoms with Gasteiger partial charge in [0.25, 0.3) is 0 Å². The van der Waals surface area contributed by atoms with Crippen LogP contribution in [0.4, 0.5) is 0 Å². The average Bonchev–Trinajstić information content (AvgIpc) is 3.27. The van der Waals surface area contributed by atoms with Gasteiger partial charge in [-0.05, 0) is 33.7 Å². The van der Waals surface area contributed by atoms with Gasteiger partial charge in [0.05, 0.1) is 5.56 Å². The number of hydrogen-bond donors (Lipinski definition) is 1. The zero-order valence-electron chi connectivity index (χ0n) is 15.4. The van der Waals surface area contributed by atoms with E-state index >= 15 is 0 Å². The minimum atomic E-state index is -0.277. The van der Waals surface area contributed by atoms with Crippen molar-refractivity contribution in [2.45, 2.75) is 0 Å². The lowest BCUT2D eigenvalue weighted by Crippen LogP contribution is -2.10. The topological polar surface area (TPSA) is 62.8 Å². The van der Waals surface area contributed by atoms with Gasteiger partial charge in [0.2, 0.25) is 5.78 Å². The fourth-order valence-corrected chi connectivity index (χ4v) is 3.59. The maximum absolute atomic E-state index is 13.1. The van der Waals surface area contributed by atoms with Crippen LogP contribution in [-0.4, -0.2) is 21.8 Å². The standard InChI is InChI=1S/C25H16N2O2/c28-24(20-11-9-16-5-1-3-7-18(16)13-20)22-15-26-27-23(22)25(29)21-12-10-17-6-2-4-8-19(17)14-21/h1-15H,(H,26,27). The number of carbonyl (C=O) groups is 2. The number of aromatic nitrogens is 2. The van der Waals surface area contributed by atoms with Crippen LogP contribution in [0.5, 0.6) is 0 Å². The van der Waals surface area contributed by atoms with Crippen LogP contribution in [0.2, 0.25) is 0 Å². The first kappa shape index (κ1) is 17.1. The molecule has 4 nitrogen and oxygen atoms in total. The van der Waals surface area contributed by atoms with Crippen molar-refractivity contribution in [2.24, 2.45) is 0 Å². The Morgan fingerprint density at radius 3 is 1.72 bits per heavy atom. The molecule has 0 bridgehead atoms. The third-order valence-corrected chi connectivity index (χ3v) is 5.12. The Bertz CT molecular complexity index is 1290. The maximum Gasteiger partial charge on any atom is 0.214 e. The van der Waals surface area contributed by atoms with Gasteiger partial charge in [-0.1, -0.05) is 72.8 Å². The Labute approximate surface area is 166 Å². The molecule has 0 saturated heterocycles. The highest BCUT2D eigenvalue weighted by Crippen LogP contribution is 2.22. The Balaban J connectivity index is 1.53. The van der Waals surface area contributed by atoms with E-state index in [1.807, 2.05) is 72.8 Å². The summed E-state index contributed by atoms with van der Waals surface area (Å²) in [6.45, 7) is 0. The van der Waals surface area contributed by atoms with Gasteiger partial charge in [-0.15, -0.1) is 0 Å². The van der Waals surface area contributed by atoms with Crippen LogP contribution in [0.25, 0.3) is 21.5 Å². The van der Waals surface area contributed by atoms with Crippen molar-refractivity contribution in [1.82, 2.24) is 10.2 Å². The molecular weight excluding hydrogens is 360 g/mol. The molecule has 1 heterocycles.